The van der Waals surface area contributed by atoms with E-state index in [0.29, 0.717) is 49.1 Å². The molecule has 0 aliphatic rings. The Kier molecular flexibility index (Phi) is 9.99. The summed E-state index contributed by atoms with van der Waals surface area (Å²) in [6, 6.07) is 17.6. The summed E-state index contributed by atoms with van der Waals surface area (Å²) in [6.45, 7) is 1.99. The fourth-order valence-corrected chi connectivity index (χ4v) is 6.35. The molecule has 0 saturated carbocycles. The van der Waals surface area contributed by atoms with Gasteiger partial charge < -0.3 is 18.8 Å². The third kappa shape index (κ3) is 6.91. The van der Waals surface area contributed by atoms with E-state index in [1.165, 1.54) is 12.0 Å². The highest BCUT2D eigenvalue weighted by atomic mass is 35.5. The van der Waals surface area contributed by atoms with Gasteiger partial charge in [-0.15, -0.1) is 23.2 Å². The zero-order valence-corrected chi connectivity index (χ0v) is 23.1. The molecule has 1 atom stereocenters. The van der Waals surface area contributed by atoms with Crippen molar-refractivity contribution in [1.29, 1.82) is 0 Å². The summed E-state index contributed by atoms with van der Waals surface area (Å²) in [4.78, 5) is 13.5. The Balaban J connectivity index is 1.53. The summed E-state index contributed by atoms with van der Waals surface area (Å²) in [6.07, 6.45) is 2.51. The number of aromatic nitrogens is 1. The Morgan fingerprint density at radius 3 is 2.54 bits per heavy atom. The number of hydrogen-bond acceptors (Lipinski definition) is 7. The first-order valence-electron chi connectivity index (χ1n) is 11.7. The number of alkyl halides is 2. The molecule has 1 unspecified atom stereocenters. The van der Waals surface area contributed by atoms with E-state index in [9.17, 15) is 15.2 Å². The van der Waals surface area contributed by atoms with Gasteiger partial charge in [-0.1, -0.05) is 17.4 Å². The SMILES string of the molecule is O=[N+]([O-])c1sccc1C(Cc1ccc2c(ccn2CCO)c1)SOc1ccc(N(CCCl)CCCl)cc1. The smallest absolute Gasteiger partial charge is 0.328 e. The molecular formula is C26H27Cl2N3O4S2. The number of aliphatic hydroxyl groups excluding tert-OH is 1. The van der Waals surface area contributed by atoms with E-state index in [4.69, 9.17) is 27.4 Å². The van der Waals surface area contributed by atoms with Crippen LogP contribution in [0.2, 0.25) is 0 Å². The van der Waals surface area contributed by atoms with Crippen LogP contribution in [-0.2, 0) is 13.0 Å². The van der Waals surface area contributed by atoms with Crippen molar-refractivity contribution in [2.75, 3.05) is 36.4 Å². The van der Waals surface area contributed by atoms with E-state index in [-0.39, 0.29) is 21.8 Å². The summed E-state index contributed by atoms with van der Waals surface area (Å²) in [5.74, 6) is 1.67. The number of nitro groups is 1. The maximum atomic E-state index is 11.7. The van der Waals surface area contributed by atoms with Gasteiger partial charge in [0.2, 0.25) is 0 Å². The first kappa shape index (κ1) is 27.6. The maximum absolute atomic E-state index is 11.7. The van der Waals surface area contributed by atoms with E-state index in [0.717, 1.165) is 33.5 Å². The normalized spacial score (nSPS) is 12.1. The lowest BCUT2D eigenvalue weighted by atomic mass is 10.0. The van der Waals surface area contributed by atoms with Gasteiger partial charge >= 0.3 is 5.00 Å². The van der Waals surface area contributed by atoms with Crippen molar-refractivity contribution in [2.24, 2.45) is 0 Å². The van der Waals surface area contributed by atoms with Gasteiger partial charge in [-0.25, -0.2) is 0 Å². The van der Waals surface area contributed by atoms with E-state index in [2.05, 4.69) is 11.0 Å². The van der Waals surface area contributed by atoms with Crippen molar-refractivity contribution < 1.29 is 14.2 Å². The fourth-order valence-electron chi connectivity index (χ4n) is 4.19. The Labute approximate surface area is 233 Å². The van der Waals surface area contributed by atoms with Crippen LogP contribution in [0.5, 0.6) is 5.75 Å². The molecule has 37 heavy (non-hydrogen) atoms. The van der Waals surface area contributed by atoms with Crippen molar-refractivity contribution in [3.63, 3.8) is 0 Å². The number of rotatable bonds is 14. The molecule has 11 heteroatoms. The van der Waals surface area contributed by atoms with Crippen molar-refractivity contribution >= 4 is 68.2 Å². The molecule has 7 nitrogen and oxygen atoms in total. The highest BCUT2D eigenvalue weighted by molar-refractivity contribution is 7.95. The van der Waals surface area contributed by atoms with E-state index in [1.807, 2.05) is 53.2 Å². The fraction of sp³-hybridized carbons (Fsp3) is 0.308. The number of thiophene rings is 1. The Hall–Kier alpha value is -2.43. The zero-order chi connectivity index (χ0) is 26.2. The lowest BCUT2D eigenvalue weighted by molar-refractivity contribution is -0.380. The molecule has 1 N–H and O–H groups in total. The largest absolute Gasteiger partial charge is 0.425 e. The van der Waals surface area contributed by atoms with Crippen molar-refractivity contribution in [3.05, 3.63) is 87.4 Å². The van der Waals surface area contributed by atoms with Gasteiger partial charge in [0.15, 0.2) is 0 Å². The zero-order valence-electron chi connectivity index (χ0n) is 20.0. The van der Waals surface area contributed by atoms with Crippen LogP contribution in [0.15, 0.2) is 66.2 Å². The molecular weight excluding hydrogens is 553 g/mol. The van der Waals surface area contributed by atoms with Crippen LogP contribution >= 0.6 is 46.6 Å². The number of hydrogen-bond donors (Lipinski definition) is 1. The monoisotopic (exact) mass is 579 g/mol. The maximum Gasteiger partial charge on any atom is 0.328 e. The highest BCUT2D eigenvalue weighted by Gasteiger charge is 2.26. The van der Waals surface area contributed by atoms with Crippen LogP contribution < -0.4 is 9.08 Å². The van der Waals surface area contributed by atoms with Crippen molar-refractivity contribution in [2.45, 2.75) is 18.2 Å². The minimum Gasteiger partial charge on any atom is -0.425 e. The first-order valence-corrected chi connectivity index (χ1v) is 14.5. The number of anilines is 1. The molecule has 2 heterocycles. The molecule has 4 rings (SSSR count). The minimum atomic E-state index is -0.330. The van der Waals surface area contributed by atoms with Crippen LogP contribution in [0.25, 0.3) is 10.9 Å². The first-order chi connectivity index (χ1) is 18.0. The predicted octanol–water partition coefficient (Wildman–Crippen LogP) is 6.90. The van der Waals surface area contributed by atoms with Crippen LogP contribution in [0.1, 0.15) is 16.4 Å². The number of nitrogens with zero attached hydrogens (tertiary/aromatic N) is 3. The van der Waals surface area contributed by atoms with Gasteiger partial charge in [0.05, 0.1) is 34.4 Å². The van der Waals surface area contributed by atoms with E-state index < -0.39 is 0 Å². The Morgan fingerprint density at radius 1 is 1.11 bits per heavy atom. The molecule has 0 aliphatic heterocycles. The summed E-state index contributed by atoms with van der Waals surface area (Å²) in [5, 5.41) is 23.6. The third-order valence-corrected chi connectivity index (χ3v) is 8.12. The van der Waals surface area contributed by atoms with Gasteiger partial charge in [0.1, 0.15) is 5.75 Å². The Morgan fingerprint density at radius 2 is 1.86 bits per heavy atom. The summed E-state index contributed by atoms with van der Waals surface area (Å²) in [5.41, 5.74) is 3.73. The molecule has 0 radical (unpaired) electrons. The molecule has 196 valence electrons. The lowest BCUT2D eigenvalue weighted by Gasteiger charge is -2.23. The molecule has 0 aliphatic carbocycles. The van der Waals surface area contributed by atoms with E-state index in [1.54, 1.807) is 11.4 Å². The second kappa shape index (κ2) is 13.4. The molecule has 2 aromatic carbocycles. The average molecular weight is 581 g/mol. The van der Waals surface area contributed by atoms with Crippen LogP contribution in [0.3, 0.4) is 0 Å². The van der Waals surface area contributed by atoms with E-state index >= 15 is 0 Å². The van der Waals surface area contributed by atoms with Gasteiger partial charge in [0, 0.05) is 48.8 Å². The highest BCUT2D eigenvalue weighted by Crippen LogP contribution is 2.41. The molecule has 0 amide bonds. The Bertz CT molecular complexity index is 1310. The van der Waals surface area contributed by atoms with Gasteiger partial charge in [0.25, 0.3) is 0 Å². The predicted molar refractivity (Wildman–Crippen MR) is 155 cm³/mol. The topological polar surface area (TPSA) is 80.8 Å². The van der Waals surface area contributed by atoms with Gasteiger partial charge in [-0.2, -0.15) is 0 Å². The lowest BCUT2D eigenvalue weighted by Crippen LogP contribution is -2.27. The van der Waals surface area contributed by atoms with Gasteiger partial charge in [-0.05, 0) is 71.3 Å². The second-order valence-electron chi connectivity index (χ2n) is 8.30. The third-order valence-electron chi connectivity index (χ3n) is 5.96. The molecule has 2 aromatic heterocycles. The van der Waals surface area contributed by atoms with Gasteiger partial charge in [-0.3, -0.25) is 10.1 Å². The quantitative estimate of drug-likeness (QED) is 0.0757. The number of aliphatic hydroxyl groups is 1. The molecule has 0 saturated heterocycles. The molecule has 4 aromatic rings. The number of benzene rings is 2. The van der Waals surface area contributed by atoms with Crippen molar-refractivity contribution in [3.8, 4) is 5.75 Å². The van der Waals surface area contributed by atoms with Crippen LogP contribution in [0.4, 0.5) is 10.7 Å². The summed E-state index contributed by atoms with van der Waals surface area (Å²) < 4.78 is 8.08. The average Bonchev–Trinajstić information content (AvgIpc) is 3.55. The second-order valence-corrected chi connectivity index (χ2v) is 10.9. The number of halogens is 2. The van der Waals surface area contributed by atoms with Crippen LogP contribution in [0, 0.1) is 10.1 Å². The van der Waals surface area contributed by atoms with Crippen molar-refractivity contribution in [1.82, 2.24) is 4.57 Å². The molecule has 0 bridgehead atoms. The molecule has 0 spiro atoms. The summed E-state index contributed by atoms with van der Waals surface area (Å²) in [7, 11) is 0. The number of fused-ring (bicyclic) bond motifs is 1. The van der Waals surface area contributed by atoms with Crippen LogP contribution in [-0.4, -0.2) is 46.1 Å². The summed E-state index contributed by atoms with van der Waals surface area (Å²) >= 11 is 14.2. The standard InChI is InChI=1S/C26H27Cl2N3O4S2/c27-9-12-29(13-10-28)21-2-4-22(5-3-21)35-37-25(23-8-16-36-26(23)31(33)34)18-19-1-6-24-20(17-19)7-11-30(24)14-15-32/h1-8,11,16-17,25,32H,9-10,12-15,18H2. The minimum absolute atomic E-state index is 0.0713. The molecule has 0 fully saturated rings.